The molecular weight excluding hydrogens is 318 g/mol. The summed E-state index contributed by atoms with van der Waals surface area (Å²) in [5.41, 5.74) is 6.03. The average Bonchev–Trinajstić information content (AvgIpc) is 3.47. The first-order valence-corrected chi connectivity index (χ1v) is 10.1. The number of hydrogen-bond donors (Lipinski definition) is 0. The summed E-state index contributed by atoms with van der Waals surface area (Å²) in [4.78, 5) is 5.00. The van der Waals surface area contributed by atoms with Gasteiger partial charge in [-0.1, -0.05) is 51.0 Å². The Bertz CT molecular complexity index is 741. The molecule has 0 aliphatic heterocycles. The maximum atomic E-state index is 5.89. The molecule has 0 N–H and O–H groups in total. The van der Waals surface area contributed by atoms with Gasteiger partial charge in [0.15, 0.2) is 0 Å². The molecule has 0 amide bonds. The van der Waals surface area contributed by atoms with Gasteiger partial charge in [-0.25, -0.2) is 0 Å². The Hall–Kier alpha value is -2.09. The number of hydrogen-bond acceptors (Lipinski definition) is 2. The van der Waals surface area contributed by atoms with Crippen LogP contribution in [-0.4, -0.2) is 12.3 Å². The third-order valence-corrected chi connectivity index (χ3v) is 4.92. The van der Waals surface area contributed by atoms with Gasteiger partial charge in [0.1, 0.15) is 5.75 Å². The number of aryl methyl sites for hydroxylation is 2. The van der Waals surface area contributed by atoms with E-state index < -0.39 is 0 Å². The highest BCUT2D eigenvalue weighted by Gasteiger charge is 2.21. The molecule has 3 rings (SSSR count). The molecule has 0 aromatic heterocycles. The van der Waals surface area contributed by atoms with Gasteiger partial charge in [-0.05, 0) is 73.4 Å². The van der Waals surface area contributed by atoms with Crippen LogP contribution in [0.4, 0.5) is 5.69 Å². The molecule has 2 aromatic rings. The van der Waals surface area contributed by atoms with E-state index in [4.69, 9.17) is 9.73 Å². The molecule has 0 bridgehead atoms. The van der Waals surface area contributed by atoms with E-state index in [1.54, 1.807) is 0 Å². The Kier molecular flexibility index (Phi) is 6.49. The van der Waals surface area contributed by atoms with Gasteiger partial charge in [-0.2, -0.15) is 0 Å². The number of nitrogens with zero attached hydrogens (tertiary/aromatic N) is 1. The third kappa shape index (κ3) is 5.20. The second kappa shape index (κ2) is 9.02. The lowest BCUT2D eigenvalue weighted by atomic mass is 10.0. The summed E-state index contributed by atoms with van der Waals surface area (Å²) in [6, 6.07) is 15.2. The van der Waals surface area contributed by atoms with Crippen molar-refractivity contribution in [2.24, 2.45) is 10.9 Å². The monoisotopic (exact) mass is 349 g/mol. The second-order valence-electron chi connectivity index (χ2n) is 7.46. The van der Waals surface area contributed by atoms with E-state index in [9.17, 15) is 0 Å². The van der Waals surface area contributed by atoms with Crippen molar-refractivity contribution in [1.82, 2.24) is 0 Å². The van der Waals surface area contributed by atoms with E-state index in [0.29, 0.717) is 0 Å². The summed E-state index contributed by atoms with van der Waals surface area (Å²) in [6.07, 6.45) is 7.05. The maximum absolute atomic E-state index is 5.89. The van der Waals surface area contributed by atoms with Crippen LogP contribution >= 0.6 is 0 Å². The highest BCUT2D eigenvalue weighted by Crippen LogP contribution is 2.31. The molecule has 2 aromatic carbocycles. The Morgan fingerprint density at radius 2 is 1.81 bits per heavy atom. The van der Waals surface area contributed by atoms with E-state index >= 15 is 0 Å². The molecule has 0 heterocycles. The summed E-state index contributed by atoms with van der Waals surface area (Å²) in [5, 5.41) is 0. The Balaban J connectivity index is 1.78. The molecule has 2 heteroatoms. The number of aliphatic imine (C=N–C) groups is 1. The van der Waals surface area contributed by atoms with Crippen LogP contribution in [0.25, 0.3) is 0 Å². The molecular formula is C24H31NO. The summed E-state index contributed by atoms with van der Waals surface area (Å²) in [5.74, 6) is 1.74. The lowest BCUT2D eigenvalue weighted by Crippen LogP contribution is -2.01. The van der Waals surface area contributed by atoms with E-state index in [1.807, 2.05) is 0 Å². The normalized spacial score (nSPS) is 14.5. The van der Waals surface area contributed by atoms with Crippen molar-refractivity contribution in [3.8, 4) is 5.75 Å². The molecule has 0 unspecified atom stereocenters. The lowest BCUT2D eigenvalue weighted by molar-refractivity contribution is 0.299. The van der Waals surface area contributed by atoms with Crippen LogP contribution in [0.15, 0.2) is 47.5 Å². The first-order chi connectivity index (χ1) is 12.7. The van der Waals surface area contributed by atoms with Crippen LogP contribution in [-0.2, 0) is 6.42 Å². The predicted octanol–water partition coefficient (Wildman–Crippen LogP) is 6.66. The van der Waals surface area contributed by atoms with Crippen LogP contribution in [0.1, 0.15) is 62.6 Å². The Morgan fingerprint density at radius 1 is 1.04 bits per heavy atom. The number of rotatable bonds is 9. The summed E-state index contributed by atoms with van der Waals surface area (Å²) >= 11 is 0. The SMILES string of the molecule is CCCC(=Nc1ccc(OCC2CC2)cc1C)c1ccc(CCC)cc1. The molecule has 1 aliphatic rings. The molecule has 0 radical (unpaired) electrons. The largest absolute Gasteiger partial charge is 0.493 e. The molecule has 1 aliphatic carbocycles. The van der Waals surface area contributed by atoms with Gasteiger partial charge in [0, 0.05) is 5.71 Å². The van der Waals surface area contributed by atoms with Crippen molar-refractivity contribution in [2.45, 2.75) is 59.3 Å². The fraction of sp³-hybridized carbons (Fsp3) is 0.458. The predicted molar refractivity (Wildman–Crippen MR) is 111 cm³/mol. The van der Waals surface area contributed by atoms with Gasteiger partial charge in [0.25, 0.3) is 0 Å². The van der Waals surface area contributed by atoms with Crippen molar-refractivity contribution < 1.29 is 4.74 Å². The quantitative estimate of drug-likeness (QED) is 0.464. The topological polar surface area (TPSA) is 21.6 Å². The molecule has 1 saturated carbocycles. The average molecular weight is 350 g/mol. The molecule has 2 nitrogen and oxygen atoms in total. The van der Waals surface area contributed by atoms with Crippen molar-refractivity contribution in [1.29, 1.82) is 0 Å². The summed E-state index contributed by atoms with van der Waals surface area (Å²) < 4.78 is 5.89. The molecule has 138 valence electrons. The minimum absolute atomic E-state index is 0.778. The molecule has 1 fully saturated rings. The zero-order valence-corrected chi connectivity index (χ0v) is 16.4. The zero-order valence-electron chi connectivity index (χ0n) is 16.4. The minimum Gasteiger partial charge on any atom is -0.493 e. The highest BCUT2D eigenvalue weighted by atomic mass is 16.5. The number of benzene rings is 2. The van der Waals surface area contributed by atoms with Gasteiger partial charge >= 0.3 is 0 Å². The molecule has 0 spiro atoms. The number of ether oxygens (including phenoxy) is 1. The molecule has 0 atom stereocenters. The van der Waals surface area contributed by atoms with E-state index in [-0.39, 0.29) is 0 Å². The third-order valence-electron chi connectivity index (χ3n) is 4.92. The maximum Gasteiger partial charge on any atom is 0.119 e. The van der Waals surface area contributed by atoms with Crippen LogP contribution in [0.2, 0.25) is 0 Å². The highest BCUT2D eigenvalue weighted by molar-refractivity contribution is 6.02. The van der Waals surface area contributed by atoms with Crippen LogP contribution in [0.3, 0.4) is 0 Å². The fourth-order valence-corrected chi connectivity index (χ4v) is 3.14. The fourth-order valence-electron chi connectivity index (χ4n) is 3.14. The minimum atomic E-state index is 0.778. The second-order valence-corrected chi connectivity index (χ2v) is 7.46. The van der Waals surface area contributed by atoms with E-state index in [2.05, 4.69) is 63.2 Å². The van der Waals surface area contributed by atoms with Gasteiger partial charge in [-0.3, -0.25) is 4.99 Å². The van der Waals surface area contributed by atoms with Crippen molar-refractivity contribution in [3.05, 3.63) is 59.2 Å². The van der Waals surface area contributed by atoms with Crippen molar-refractivity contribution in [3.63, 3.8) is 0 Å². The van der Waals surface area contributed by atoms with E-state index in [0.717, 1.165) is 43.2 Å². The lowest BCUT2D eigenvalue weighted by Gasteiger charge is -2.11. The van der Waals surface area contributed by atoms with Gasteiger partial charge < -0.3 is 4.74 Å². The molecule has 26 heavy (non-hydrogen) atoms. The first-order valence-electron chi connectivity index (χ1n) is 10.1. The van der Waals surface area contributed by atoms with Crippen molar-refractivity contribution >= 4 is 11.4 Å². The zero-order chi connectivity index (χ0) is 18.4. The van der Waals surface area contributed by atoms with E-state index in [1.165, 1.54) is 41.7 Å². The van der Waals surface area contributed by atoms with Gasteiger partial charge in [-0.15, -0.1) is 0 Å². The van der Waals surface area contributed by atoms with Crippen LogP contribution < -0.4 is 4.74 Å². The Morgan fingerprint density at radius 3 is 2.42 bits per heavy atom. The first kappa shape index (κ1) is 18.7. The van der Waals surface area contributed by atoms with Crippen molar-refractivity contribution in [2.75, 3.05) is 6.61 Å². The summed E-state index contributed by atoms with van der Waals surface area (Å²) in [7, 11) is 0. The van der Waals surface area contributed by atoms with Crippen LogP contribution in [0, 0.1) is 12.8 Å². The smallest absolute Gasteiger partial charge is 0.119 e. The van der Waals surface area contributed by atoms with Gasteiger partial charge in [0.05, 0.1) is 12.3 Å². The Labute approximate surface area is 158 Å². The molecule has 0 saturated heterocycles. The van der Waals surface area contributed by atoms with Crippen LogP contribution in [0.5, 0.6) is 5.75 Å². The van der Waals surface area contributed by atoms with Gasteiger partial charge in [0.2, 0.25) is 0 Å². The summed E-state index contributed by atoms with van der Waals surface area (Å²) in [6.45, 7) is 7.41. The standard InChI is InChI=1S/C24H31NO/c1-4-6-19-10-12-21(13-11-19)24(7-5-2)25-23-15-14-22(16-18(23)3)26-17-20-8-9-20/h10-16,20H,4-9,17H2,1-3H3.